The summed E-state index contributed by atoms with van der Waals surface area (Å²) in [5, 5.41) is 7.81. The monoisotopic (exact) mass is 328 g/mol. The minimum absolute atomic E-state index is 0.0583. The van der Waals surface area contributed by atoms with Crippen molar-refractivity contribution in [3.05, 3.63) is 64.9 Å². The van der Waals surface area contributed by atoms with Crippen molar-refractivity contribution < 1.29 is 17.7 Å². The summed E-state index contributed by atoms with van der Waals surface area (Å²) in [6.07, 6.45) is 1.45. The second-order valence-corrected chi connectivity index (χ2v) is 4.83. The Kier molecular flexibility index (Phi) is 3.30. The van der Waals surface area contributed by atoms with Crippen LogP contribution in [0.3, 0.4) is 0 Å². The topological polar surface area (TPSA) is 100 Å². The average Bonchev–Trinajstić information content (AvgIpc) is 3.31. The van der Waals surface area contributed by atoms with Gasteiger partial charge < -0.3 is 13.4 Å². The number of hydrogen-bond acceptors (Lipinski definition) is 7. The smallest absolute Gasteiger partial charge is 0.437 e. The van der Waals surface area contributed by atoms with Gasteiger partial charge in [-0.15, -0.1) is 5.10 Å². The summed E-state index contributed by atoms with van der Waals surface area (Å²) >= 11 is 0. The molecule has 0 aliphatic rings. The van der Waals surface area contributed by atoms with Crippen molar-refractivity contribution in [1.29, 1.82) is 0 Å². The van der Waals surface area contributed by atoms with Crippen LogP contribution < -0.4 is 5.76 Å². The van der Waals surface area contributed by atoms with Gasteiger partial charge in [-0.2, -0.15) is 9.67 Å². The Hall–Kier alpha value is -3.49. The Balaban J connectivity index is 1.58. The van der Waals surface area contributed by atoms with Gasteiger partial charge >= 0.3 is 5.76 Å². The molecule has 0 saturated carbocycles. The molecule has 0 N–H and O–H groups in total. The first-order valence-corrected chi connectivity index (χ1v) is 6.89. The Morgan fingerprint density at radius 2 is 2.00 bits per heavy atom. The van der Waals surface area contributed by atoms with Crippen molar-refractivity contribution in [1.82, 2.24) is 19.9 Å². The lowest BCUT2D eigenvalue weighted by Gasteiger charge is -1.93. The molecule has 0 radical (unpaired) electrons. The highest BCUT2D eigenvalue weighted by Gasteiger charge is 2.16. The lowest BCUT2D eigenvalue weighted by Crippen LogP contribution is -2.16. The second-order valence-electron chi connectivity index (χ2n) is 4.83. The standard InChI is InChI=1S/C15H9FN4O4/c16-10-5-3-9(4-6-10)13-17-12(24-19-13)8-20-15(21)23-14(18-20)11-2-1-7-22-11/h1-7H,8H2. The van der Waals surface area contributed by atoms with E-state index in [0.717, 1.165) is 4.68 Å². The van der Waals surface area contributed by atoms with Gasteiger partial charge in [-0.1, -0.05) is 5.16 Å². The van der Waals surface area contributed by atoms with Crippen molar-refractivity contribution in [3.8, 4) is 23.0 Å². The van der Waals surface area contributed by atoms with Gasteiger partial charge in [0.2, 0.25) is 11.7 Å². The molecule has 9 heteroatoms. The maximum Gasteiger partial charge on any atom is 0.437 e. The third-order valence-corrected chi connectivity index (χ3v) is 3.19. The Morgan fingerprint density at radius 3 is 2.75 bits per heavy atom. The summed E-state index contributed by atoms with van der Waals surface area (Å²) in [6.45, 7) is -0.0583. The molecule has 8 nitrogen and oxygen atoms in total. The lowest BCUT2D eigenvalue weighted by atomic mass is 10.2. The molecule has 0 fully saturated rings. The van der Waals surface area contributed by atoms with E-state index in [1.165, 1.54) is 30.5 Å². The first kappa shape index (κ1) is 14.1. The largest absolute Gasteiger partial charge is 0.459 e. The summed E-state index contributed by atoms with van der Waals surface area (Å²) in [7, 11) is 0. The van der Waals surface area contributed by atoms with Gasteiger partial charge in [0.1, 0.15) is 12.4 Å². The van der Waals surface area contributed by atoms with E-state index >= 15 is 0 Å². The van der Waals surface area contributed by atoms with Gasteiger partial charge in [0.15, 0.2) is 5.76 Å². The van der Waals surface area contributed by atoms with Gasteiger partial charge in [0.25, 0.3) is 5.89 Å². The molecule has 0 bridgehead atoms. The maximum atomic E-state index is 12.9. The van der Waals surface area contributed by atoms with Crippen LogP contribution in [0.1, 0.15) is 5.89 Å². The normalized spacial score (nSPS) is 11.0. The number of furan rings is 1. The molecule has 24 heavy (non-hydrogen) atoms. The van der Waals surface area contributed by atoms with E-state index in [-0.39, 0.29) is 30.0 Å². The van der Waals surface area contributed by atoms with Crippen molar-refractivity contribution in [2.45, 2.75) is 6.54 Å². The minimum atomic E-state index is -0.678. The third kappa shape index (κ3) is 2.62. The lowest BCUT2D eigenvalue weighted by molar-refractivity contribution is 0.360. The highest BCUT2D eigenvalue weighted by atomic mass is 19.1. The highest BCUT2D eigenvalue weighted by molar-refractivity contribution is 5.53. The van der Waals surface area contributed by atoms with Crippen LogP contribution in [0.25, 0.3) is 23.0 Å². The van der Waals surface area contributed by atoms with Crippen LogP contribution >= 0.6 is 0 Å². The summed E-state index contributed by atoms with van der Waals surface area (Å²) in [5.74, 6) is -0.194. The van der Waals surface area contributed by atoms with Crippen LogP contribution in [0, 0.1) is 5.82 Å². The summed E-state index contributed by atoms with van der Waals surface area (Å²) in [5.41, 5.74) is 0.593. The molecule has 0 amide bonds. The summed E-state index contributed by atoms with van der Waals surface area (Å²) in [6, 6.07) is 8.92. The molecule has 3 heterocycles. The van der Waals surface area contributed by atoms with Crippen LogP contribution in [0.4, 0.5) is 4.39 Å². The molecule has 0 unspecified atom stereocenters. The van der Waals surface area contributed by atoms with Crippen LogP contribution in [0.5, 0.6) is 0 Å². The molecular formula is C15H9FN4O4. The number of benzene rings is 1. The van der Waals surface area contributed by atoms with E-state index in [0.29, 0.717) is 11.3 Å². The molecule has 120 valence electrons. The van der Waals surface area contributed by atoms with Crippen LogP contribution in [-0.2, 0) is 6.54 Å². The van der Waals surface area contributed by atoms with Gasteiger partial charge in [-0.25, -0.2) is 9.18 Å². The molecular weight excluding hydrogens is 319 g/mol. The molecule has 0 saturated heterocycles. The number of halogens is 1. The predicted octanol–water partition coefficient (Wildman–Crippen LogP) is 2.33. The first-order valence-electron chi connectivity index (χ1n) is 6.89. The molecule has 0 spiro atoms. The summed E-state index contributed by atoms with van der Waals surface area (Å²) < 4.78 is 29.2. The number of nitrogens with zero attached hydrogens (tertiary/aromatic N) is 4. The molecule has 0 aliphatic carbocycles. The molecule has 4 aromatic rings. The molecule has 0 aliphatic heterocycles. The van der Waals surface area contributed by atoms with Crippen molar-refractivity contribution in [2.24, 2.45) is 0 Å². The van der Waals surface area contributed by atoms with Gasteiger partial charge in [-0.05, 0) is 36.4 Å². The quantitative estimate of drug-likeness (QED) is 0.566. The van der Waals surface area contributed by atoms with E-state index in [9.17, 15) is 9.18 Å². The Morgan fingerprint density at radius 1 is 1.17 bits per heavy atom. The molecule has 3 aromatic heterocycles. The maximum absolute atomic E-state index is 12.9. The number of rotatable bonds is 4. The Labute approximate surface area is 133 Å². The number of aromatic nitrogens is 4. The van der Waals surface area contributed by atoms with Crippen molar-refractivity contribution >= 4 is 0 Å². The van der Waals surface area contributed by atoms with E-state index < -0.39 is 5.76 Å². The van der Waals surface area contributed by atoms with E-state index in [1.807, 2.05) is 0 Å². The summed E-state index contributed by atoms with van der Waals surface area (Å²) in [4.78, 5) is 16.0. The van der Waals surface area contributed by atoms with Gasteiger partial charge in [-0.3, -0.25) is 0 Å². The second kappa shape index (κ2) is 5.61. The molecule has 1 aromatic carbocycles. The van der Waals surface area contributed by atoms with Crippen LogP contribution in [0.15, 0.2) is 60.8 Å². The van der Waals surface area contributed by atoms with Crippen LogP contribution in [-0.4, -0.2) is 19.9 Å². The fourth-order valence-electron chi connectivity index (χ4n) is 2.07. The third-order valence-electron chi connectivity index (χ3n) is 3.19. The van der Waals surface area contributed by atoms with E-state index in [4.69, 9.17) is 13.4 Å². The first-order chi connectivity index (χ1) is 11.7. The number of hydrogen-bond donors (Lipinski definition) is 0. The van der Waals surface area contributed by atoms with Crippen molar-refractivity contribution in [3.63, 3.8) is 0 Å². The SMILES string of the molecule is O=c1oc(-c2ccco2)nn1Cc1nc(-c2ccc(F)cc2)no1. The fourth-order valence-corrected chi connectivity index (χ4v) is 2.07. The van der Waals surface area contributed by atoms with Crippen LogP contribution in [0.2, 0.25) is 0 Å². The predicted molar refractivity (Wildman–Crippen MR) is 77.3 cm³/mol. The average molecular weight is 328 g/mol. The molecule has 4 rings (SSSR count). The van der Waals surface area contributed by atoms with Crippen molar-refractivity contribution in [2.75, 3.05) is 0 Å². The Bertz CT molecular complexity index is 1010. The van der Waals surface area contributed by atoms with E-state index in [2.05, 4.69) is 15.2 Å². The zero-order chi connectivity index (χ0) is 16.5. The zero-order valence-corrected chi connectivity index (χ0v) is 12.0. The van der Waals surface area contributed by atoms with E-state index in [1.54, 1.807) is 12.1 Å². The fraction of sp³-hybridized carbons (Fsp3) is 0.0667. The molecule has 0 atom stereocenters. The highest BCUT2D eigenvalue weighted by Crippen LogP contribution is 2.17. The minimum Gasteiger partial charge on any atom is -0.459 e. The van der Waals surface area contributed by atoms with Gasteiger partial charge in [0.05, 0.1) is 6.26 Å². The zero-order valence-electron chi connectivity index (χ0n) is 12.0. The van der Waals surface area contributed by atoms with Gasteiger partial charge in [0, 0.05) is 5.56 Å².